The number of benzene rings is 2. The molecule has 1 aliphatic rings. The van der Waals surface area contributed by atoms with Gasteiger partial charge in [-0.15, -0.1) is 0 Å². The summed E-state index contributed by atoms with van der Waals surface area (Å²) in [5.41, 5.74) is 2.54. The number of hydrogen-bond acceptors (Lipinski definition) is 8. The van der Waals surface area contributed by atoms with Gasteiger partial charge in [-0.25, -0.2) is 0 Å². The molecule has 35 heavy (non-hydrogen) atoms. The van der Waals surface area contributed by atoms with Crippen molar-refractivity contribution in [3.63, 3.8) is 0 Å². The van der Waals surface area contributed by atoms with Crippen LogP contribution < -0.4 is 23.7 Å². The molecule has 8 heteroatoms. The van der Waals surface area contributed by atoms with Crippen LogP contribution in [-0.4, -0.2) is 59.1 Å². The summed E-state index contributed by atoms with van der Waals surface area (Å²) in [5.74, 6) is 2.96. The molecule has 3 rings (SSSR count). The highest BCUT2D eigenvalue weighted by atomic mass is 16.5. The van der Waals surface area contributed by atoms with E-state index in [1.807, 2.05) is 36.5 Å². The van der Waals surface area contributed by atoms with Crippen molar-refractivity contribution in [3.05, 3.63) is 53.2 Å². The number of rotatable bonds is 12. The van der Waals surface area contributed by atoms with E-state index in [0.29, 0.717) is 67.2 Å². The summed E-state index contributed by atoms with van der Waals surface area (Å²) in [6, 6.07) is 11.8. The molecule has 2 aromatic carbocycles. The summed E-state index contributed by atoms with van der Waals surface area (Å²) in [6.45, 7) is 5.87. The molecule has 0 amide bonds. The molecule has 2 aromatic rings. The average molecular weight is 483 g/mol. The first-order valence-electron chi connectivity index (χ1n) is 11.7. The first kappa shape index (κ1) is 26.0. The number of ether oxygens (including phenoxy) is 6. The van der Waals surface area contributed by atoms with Crippen LogP contribution >= 0.6 is 0 Å². The molecule has 0 spiro atoms. The van der Waals surface area contributed by atoms with Crippen molar-refractivity contribution >= 4 is 0 Å². The van der Waals surface area contributed by atoms with Crippen molar-refractivity contribution in [1.82, 2.24) is 4.90 Å². The highest BCUT2D eigenvalue weighted by Crippen LogP contribution is 2.39. The van der Waals surface area contributed by atoms with Crippen molar-refractivity contribution in [1.29, 1.82) is 5.26 Å². The van der Waals surface area contributed by atoms with Gasteiger partial charge in [0.2, 0.25) is 5.75 Å². The Labute approximate surface area is 207 Å². The summed E-state index contributed by atoms with van der Waals surface area (Å²) in [6.07, 6.45) is 3.32. The van der Waals surface area contributed by atoms with Crippen LogP contribution in [0.3, 0.4) is 0 Å². The molecular formula is C27H34N2O6. The summed E-state index contributed by atoms with van der Waals surface area (Å²) >= 11 is 0. The summed E-state index contributed by atoms with van der Waals surface area (Å²) in [5, 5.41) is 9.65. The van der Waals surface area contributed by atoms with E-state index in [2.05, 4.69) is 17.9 Å². The molecule has 0 aliphatic carbocycles. The van der Waals surface area contributed by atoms with E-state index in [4.69, 9.17) is 28.4 Å². The summed E-state index contributed by atoms with van der Waals surface area (Å²) in [4.78, 5) is 2.13. The Morgan fingerprint density at radius 2 is 1.63 bits per heavy atom. The van der Waals surface area contributed by atoms with E-state index in [0.717, 1.165) is 30.6 Å². The lowest BCUT2D eigenvalue weighted by atomic mass is 10.1. The van der Waals surface area contributed by atoms with Crippen LogP contribution in [0.4, 0.5) is 0 Å². The third-order valence-corrected chi connectivity index (χ3v) is 5.51. The fourth-order valence-electron chi connectivity index (χ4n) is 3.75. The van der Waals surface area contributed by atoms with Gasteiger partial charge in [0.15, 0.2) is 23.0 Å². The maximum Gasteiger partial charge on any atom is 0.203 e. The van der Waals surface area contributed by atoms with Crippen LogP contribution in [-0.2, 0) is 17.8 Å². The standard InChI is InChI=1S/C27H34N2O6/c1-5-10-34-24-14-20(13-22(17-28)18-29-8-11-33-12-9-29)6-7-23(24)35-19-21-15-25(30-2)27(32-4)26(16-21)31-3/h6-7,14-16,18H,5,8-13,19H2,1-4H3/b22-18-. The molecule has 0 N–H and O–H groups in total. The van der Waals surface area contributed by atoms with Crippen molar-refractivity contribution < 1.29 is 28.4 Å². The van der Waals surface area contributed by atoms with Crippen LogP contribution in [0.25, 0.3) is 0 Å². The quantitative estimate of drug-likeness (QED) is 0.413. The SMILES string of the molecule is CCCOc1cc(C/C(C#N)=C/N2CCOCC2)ccc1OCc1cc(OC)c(OC)c(OC)c1. The third-order valence-electron chi connectivity index (χ3n) is 5.51. The molecule has 1 saturated heterocycles. The first-order chi connectivity index (χ1) is 17.1. The minimum absolute atomic E-state index is 0.291. The predicted molar refractivity (Wildman–Crippen MR) is 132 cm³/mol. The van der Waals surface area contributed by atoms with Crippen molar-refractivity contribution in [3.8, 4) is 34.8 Å². The maximum absolute atomic E-state index is 9.65. The van der Waals surface area contributed by atoms with Gasteiger partial charge in [-0.3, -0.25) is 0 Å². The second kappa shape index (κ2) is 13.4. The normalized spacial score (nSPS) is 13.7. The highest BCUT2D eigenvalue weighted by Gasteiger charge is 2.15. The first-order valence-corrected chi connectivity index (χ1v) is 11.7. The van der Waals surface area contributed by atoms with Crippen LogP contribution in [0.5, 0.6) is 28.7 Å². The average Bonchev–Trinajstić information content (AvgIpc) is 2.90. The Hall–Kier alpha value is -3.57. The minimum Gasteiger partial charge on any atom is -0.493 e. The summed E-state index contributed by atoms with van der Waals surface area (Å²) in [7, 11) is 4.74. The van der Waals surface area contributed by atoms with Crippen molar-refractivity contribution in [2.45, 2.75) is 26.4 Å². The Balaban J connectivity index is 1.77. The second-order valence-corrected chi connectivity index (χ2v) is 8.04. The van der Waals surface area contributed by atoms with Crippen LogP contribution in [0, 0.1) is 11.3 Å². The van der Waals surface area contributed by atoms with Crippen LogP contribution in [0.15, 0.2) is 42.1 Å². The molecule has 0 bridgehead atoms. The Morgan fingerprint density at radius 1 is 0.943 bits per heavy atom. The van der Waals surface area contributed by atoms with Crippen LogP contribution in [0.2, 0.25) is 0 Å². The van der Waals surface area contributed by atoms with Gasteiger partial charge in [0, 0.05) is 31.3 Å². The second-order valence-electron chi connectivity index (χ2n) is 8.04. The molecule has 0 unspecified atom stereocenters. The Bertz CT molecular complexity index is 1020. The van der Waals surface area contributed by atoms with E-state index in [1.165, 1.54) is 0 Å². The lowest BCUT2D eigenvalue weighted by molar-refractivity contribution is 0.0591. The number of nitrogens with zero attached hydrogens (tertiary/aromatic N) is 2. The minimum atomic E-state index is 0.291. The number of hydrogen-bond donors (Lipinski definition) is 0. The number of methoxy groups -OCH3 is 3. The molecule has 1 heterocycles. The van der Waals surface area contributed by atoms with Crippen molar-refractivity contribution in [2.24, 2.45) is 0 Å². The van der Waals surface area contributed by atoms with Gasteiger partial charge in [-0.05, 0) is 41.8 Å². The molecule has 0 aromatic heterocycles. The zero-order valence-corrected chi connectivity index (χ0v) is 21.0. The van der Waals surface area contributed by atoms with E-state index < -0.39 is 0 Å². The zero-order chi connectivity index (χ0) is 25.0. The van der Waals surface area contributed by atoms with Crippen LogP contribution in [0.1, 0.15) is 24.5 Å². The fraction of sp³-hybridized carbons (Fsp3) is 0.444. The van der Waals surface area contributed by atoms with Gasteiger partial charge in [-0.2, -0.15) is 5.26 Å². The third kappa shape index (κ3) is 7.20. The predicted octanol–water partition coefficient (Wildman–Crippen LogP) is 4.36. The van der Waals surface area contributed by atoms with Gasteiger partial charge < -0.3 is 33.3 Å². The molecule has 188 valence electrons. The number of morpholine rings is 1. The lowest BCUT2D eigenvalue weighted by Crippen LogP contribution is -2.32. The lowest BCUT2D eigenvalue weighted by Gasteiger charge is -2.25. The van der Waals surface area contributed by atoms with Gasteiger partial charge in [0.1, 0.15) is 6.61 Å². The topological polar surface area (TPSA) is 82.4 Å². The number of allylic oxidation sites excluding steroid dienone is 1. The highest BCUT2D eigenvalue weighted by molar-refractivity contribution is 5.54. The monoisotopic (exact) mass is 482 g/mol. The maximum atomic E-state index is 9.65. The molecule has 0 saturated carbocycles. The Kier molecular flexibility index (Phi) is 9.93. The van der Waals surface area contributed by atoms with Crippen molar-refractivity contribution in [2.75, 3.05) is 54.2 Å². The van der Waals surface area contributed by atoms with E-state index in [1.54, 1.807) is 21.3 Å². The van der Waals surface area contributed by atoms with E-state index >= 15 is 0 Å². The largest absolute Gasteiger partial charge is 0.493 e. The summed E-state index contributed by atoms with van der Waals surface area (Å²) < 4.78 is 33.8. The molecule has 8 nitrogen and oxygen atoms in total. The molecule has 0 radical (unpaired) electrons. The van der Waals surface area contributed by atoms with Gasteiger partial charge in [0.05, 0.1) is 47.2 Å². The van der Waals surface area contributed by atoms with E-state index in [-0.39, 0.29) is 0 Å². The zero-order valence-electron chi connectivity index (χ0n) is 21.0. The van der Waals surface area contributed by atoms with Gasteiger partial charge in [0.25, 0.3) is 0 Å². The van der Waals surface area contributed by atoms with Gasteiger partial charge >= 0.3 is 0 Å². The Morgan fingerprint density at radius 3 is 2.23 bits per heavy atom. The molecule has 1 fully saturated rings. The van der Waals surface area contributed by atoms with Gasteiger partial charge in [-0.1, -0.05) is 13.0 Å². The number of nitriles is 1. The van der Waals surface area contributed by atoms with E-state index in [9.17, 15) is 5.26 Å². The molecular weight excluding hydrogens is 448 g/mol. The molecule has 1 aliphatic heterocycles. The molecule has 0 atom stereocenters. The smallest absolute Gasteiger partial charge is 0.203 e. The fourth-order valence-corrected chi connectivity index (χ4v) is 3.75.